The van der Waals surface area contributed by atoms with Crippen LogP contribution in [-0.4, -0.2) is 45.8 Å². The van der Waals surface area contributed by atoms with Gasteiger partial charge < -0.3 is 15.0 Å². The zero-order chi connectivity index (χ0) is 17.2. The first-order valence-electron chi connectivity index (χ1n) is 8.62. The van der Waals surface area contributed by atoms with Crippen molar-refractivity contribution in [3.63, 3.8) is 0 Å². The van der Waals surface area contributed by atoms with Crippen molar-refractivity contribution < 1.29 is 4.74 Å². The molecule has 0 unspecified atom stereocenters. The van der Waals surface area contributed by atoms with Crippen LogP contribution < -0.4 is 10.2 Å². The van der Waals surface area contributed by atoms with E-state index in [1.807, 2.05) is 30.3 Å². The van der Waals surface area contributed by atoms with Crippen LogP contribution >= 0.6 is 0 Å². The number of imidazole rings is 1. The second-order valence-electron chi connectivity index (χ2n) is 6.36. The minimum atomic E-state index is 0.252. The van der Waals surface area contributed by atoms with Crippen molar-refractivity contribution in [2.24, 2.45) is 0 Å². The lowest BCUT2D eigenvalue weighted by Crippen LogP contribution is -2.38. The molecule has 0 radical (unpaired) electrons. The van der Waals surface area contributed by atoms with Gasteiger partial charge in [0.2, 0.25) is 5.95 Å². The number of hydrogen-bond acceptors (Lipinski definition) is 6. The van der Waals surface area contributed by atoms with Crippen LogP contribution in [0, 0.1) is 0 Å². The molecule has 1 aliphatic heterocycles. The third-order valence-corrected chi connectivity index (χ3v) is 4.31. The predicted molar refractivity (Wildman–Crippen MR) is 98.5 cm³/mol. The van der Waals surface area contributed by atoms with Crippen LogP contribution in [0.25, 0.3) is 11.2 Å². The van der Waals surface area contributed by atoms with Gasteiger partial charge >= 0.3 is 0 Å². The number of benzene rings is 1. The minimum absolute atomic E-state index is 0.252. The summed E-state index contributed by atoms with van der Waals surface area (Å²) in [7, 11) is 0. The lowest BCUT2D eigenvalue weighted by atomic mass is 10.3. The minimum Gasteiger partial charge on any atom is -0.378 e. The molecule has 25 heavy (non-hydrogen) atoms. The van der Waals surface area contributed by atoms with Crippen molar-refractivity contribution in [2.75, 3.05) is 36.5 Å². The Balaban J connectivity index is 1.81. The quantitative estimate of drug-likeness (QED) is 0.789. The van der Waals surface area contributed by atoms with Crippen LogP contribution in [-0.2, 0) is 4.74 Å². The van der Waals surface area contributed by atoms with Gasteiger partial charge in [0.1, 0.15) is 6.33 Å². The Labute approximate surface area is 146 Å². The molecular formula is C18H22N6O. The van der Waals surface area contributed by atoms with E-state index in [-0.39, 0.29) is 6.04 Å². The normalized spacial score (nSPS) is 15.1. The summed E-state index contributed by atoms with van der Waals surface area (Å²) in [5, 5.41) is 3.36. The molecular weight excluding hydrogens is 316 g/mol. The van der Waals surface area contributed by atoms with Crippen LogP contribution in [0.1, 0.15) is 19.9 Å². The van der Waals surface area contributed by atoms with E-state index in [1.54, 1.807) is 6.33 Å². The first-order valence-corrected chi connectivity index (χ1v) is 8.62. The third-order valence-electron chi connectivity index (χ3n) is 4.31. The first-order chi connectivity index (χ1) is 12.2. The average Bonchev–Trinajstić information content (AvgIpc) is 3.04. The molecule has 3 heterocycles. The van der Waals surface area contributed by atoms with E-state index in [1.165, 1.54) is 0 Å². The van der Waals surface area contributed by atoms with Crippen LogP contribution in [0.3, 0.4) is 0 Å². The summed E-state index contributed by atoms with van der Waals surface area (Å²) in [6.07, 6.45) is 1.59. The Bertz CT molecular complexity index is 855. The molecule has 1 saturated heterocycles. The van der Waals surface area contributed by atoms with Gasteiger partial charge in [0.05, 0.1) is 13.2 Å². The van der Waals surface area contributed by atoms with Crippen molar-refractivity contribution in [2.45, 2.75) is 19.9 Å². The molecule has 0 spiro atoms. The van der Waals surface area contributed by atoms with Gasteiger partial charge in [0, 0.05) is 24.8 Å². The van der Waals surface area contributed by atoms with Crippen molar-refractivity contribution in [3.8, 4) is 0 Å². The third kappa shape index (κ3) is 3.02. The Morgan fingerprint density at radius 3 is 2.56 bits per heavy atom. The average molecular weight is 338 g/mol. The number of fused-ring (bicyclic) bond motifs is 1. The molecule has 0 atom stereocenters. The number of morpholine rings is 1. The number of para-hydroxylation sites is 1. The van der Waals surface area contributed by atoms with Crippen LogP contribution in [0.4, 0.5) is 17.5 Å². The summed E-state index contributed by atoms with van der Waals surface area (Å²) < 4.78 is 7.66. The molecule has 7 heteroatoms. The van der Waals surface area contributed by atoms with Gasteiger partial charge in [-0.1, -0.05) is 18.2 Å². The van der Waals surface area contributed by atoms with E-state index in [9.17, 15) is 0 Å². The summed E-state index contributed by atoms with van der Waals surface area (Å²) in [6, 6.07) is 10.2. The van der Waals surface area contributed by atoms with Gasteiger partial charge in [-0.25, -0.2) is 15.0 Å². The molecule has 3 aromatic rings. The number of anilines is 3. The van der Waals surface area contributed by atoms with Gasteiger partial charge in [-0.2, -0.15) is 0 Å². The van der Waals surface area contributed by atoms with Gasteiger partial charge in [0.25, 0.3) is 0 Å². The van der Waals surface area contributed by atoms with Gasteiger partial charge in [0.15, 0.2) is 17.0 Å². The highest BCUT2D eigenvalue weighted by molar-refractivity contribution is 5.87. The molecule has 1 aromatic carbocycles. The van der Waals surface area contributed by atoms with Crippen LogP contribution in [0.2, 0.25) is 0 Å². The van der Waals surface area contributed by atoms with Crippen LogP contribution in [0.5, 0.6) is 0 Å². The van der Waals surface area contributed by atoms with Crippen LogP contribution in [0.15, 0.2) is 36.7 Å². The number of ether oxygens (including phenoxy) is 1. The number of nitrogens with zero attached hydrogens (tertiary/aromatic N) is 5. The zero-order valence-electron chi connectivity index (χ0n) is 14.5. The van der Waals surface area contributed by atoms with Gasteiger partial charge in [-0.05, 0) is 26.0 Å². The van der Waals surface area contributed by atoms with Crippen molar-refractivity contribution in [1.29, 1.82) is 0 Å². The lowest BCUT2D eigenvalue weighted by Gasteiger charge is -2.29. The van der Waals surface area contributed by atoms with E-state index in [2.05, 4.69) is 38.6 Å². The molecule has 4 rings (SSSR count). The van der Waals surface area contributed by atoms with E-state index >= 15 is 0 Å². The van der Waals surface area contributed by atoms with Crippen molar-refractivity contribution in [1.82, 2.24) is 19.5 Å². The summed E-state index contributed by atoms with van der Waals surface area (Å²) in [5.74, 6) is 1.66. The zero-order valence-corrected chi connectivity index (χ0v) is 14.5. The molecule has 0 aliphatic carbocycles. The molecule has 130 valence electrons. The fourth-order valence-corrected chi connectivity index (χ4v) is 3.11. The van der Waals surface area contributed by atoms with E-state index in [0.29, 0.717) is 0 Å². The Morgan fingerprint density at radius 1 is 1.08 bits per heavy atom. The number of rotatable bonds is 4. The first kappa shape index (κ1) is 15.8. The molecule has 0 bridgehead atoms. The largest absolute Gasteiger partial charge is 0.378 e. The maximum absolute atomic E-state index is 5.48. The molecule has 2 aromatic heterocycles. The summed E-state index contributed by atoms with van der Waals surface area (Å²) in [5.41, 5.74) is 2.63. The monoisotopic (exact) mass is 338 g/mol. The highest BCUT2D eigenvalue weighted by Gasteiger charge is 2.23. The molecule has 0 amide bonds. The Morgan fingerprint density at radius 2 is 1.84 bits per heavy atom. The predicted octanol–water partition coefficient (Wildman–Crippen LogP) is 2.99. The highest BCUT2D eigenvalue weighted by Crippen LogP contribution is 2.30. The summed E-state index contributed by atoms with van der Waals surface area (Å²) in [4.78, 5) is 16.1. The van der Waals surface area contributed by atoms with E-state index in [0.717, 1.165) is 54.9 Å². The maximum atomic E-state index is 5.48. The maximum Gasteiger partial charge on any atom is 0.208 e. The SMILES string of the molecule is CC(C)n1c(N2CCOCC2)nc2c(Nc3ccccc3)ncnc21. The molecule has 0 saturated carbocycles. The Kier molecular flexibility index (Phi) is 4.23. The highest BCUT2D eigenvalue weighted by atomic mass is 16.5. The molecule has 1 N–H and O–H groups in total. The summed E-state index contributed by atoms with van der Waals surface area (Å²) >= 11 is 0. The summed E-state index contributed by atoms with van der Waals surface area (Å²) in [6.45, 7) is 7.43. The van der Waals surface area contributed by atoms with Crippen molar-refractivity contribution >= 4 is 28.6 Å². The number of aromatic nitrogens is 4. The molecule has 7 nitrogen and oxygen atoms in total. The topological polar surface area (TPSA) is 68.1 Å². The standard InChI is InChI=1S/C18H22N6O/c1-13(2)24-17-15(22-18(24)23-8-10-25-11-9-23)16(19-12-20-17)21-14-6-4-3-5-7-14/h3-7,12-13H,8-11H2,1-2H3,(H,19,20,21). The van der Waals surface area contributed by atoms with Gasteiger partial charge in [-0.3, -0.25) is 4.57 Å². The second-order valence-corrected chi connectivity index (χ2v) is 6.36. The number of nitrogens with one attached hydrogen (secondary N) is 1. The van der Waals surface area contributed by atoms with Crippen molar-refractivity contribution in [3.05, 3.63) is 36.7 Å². The van der Waals surface area contributed by atoms with E-state index in [4.69, 9.17) is 9.72 Å². The molecule has 1 fully saturated rings. The smallest absolute Gasteiger partial charge is 0.208 e. The fourth-order valence-electron chi connectivity index (χ4n) is 3.11. The molecule has 1 aliphatic rings. The fraction of sp³-hybridized carbons (Fsp3) is 0.389. The number of hydrogen-bond donors (Lipinski definition) is 1. The van der Waals surface area contributed by atoms with Gasteiger partial charge in [-0.15, -0.1) is 0 Å². The van der Waals surface area contributed by atoms with E-state index < -0.39 is 0 Å². The second kappa shape index (κ2) is 6.68. The lowest BCUT2D eigenvalue weighted by molar-refractivity contribution is 0.121. The Hall–Kier alpha value is -2.67.